The molecule has 0 fully saturated rings. The van der Waals surface area contributed by atoms with Crippen molar-refractivity contribution in [3.05, 3.63) is 77.4 Å². The van der Waals surface area contributed by atoms with Gasteiger partial charge in [0.25, 0.3) is 0 Å². The van der Waals surface area contributed by atoms with E-state index in [9.17, 15) is 4.79 Å². The maximum Gasteiger partial charge on any atom is 0.240 e. The second-order valence-corrected chi connectivity index (χ2v) is 5.82. The lowest BCUT2D eigenvalue weighted by Crippen LogP contribution is -2.29. The van der Waals surface area contributed by atoms with Crippen LogP contribution in [-0.4, -0.2) is 22.7 Å². The van der Waals surface area contributed by atoms with Gasteiger partial charge in [-0.1, -0.05) is 72.3 Å². The second-order valence-electron chi connectivity index (χ2n) is 5.82. The summed E-state index contributed by atoms with van der Waals surface area (Å²) in [4.78, 5) is 11.9. The van der Waals surface area contributed by atoms with Gasteiger partial charge in [0.15, 0.2) is 0 Å². The van der Waals surface area contributed by atoms with E-state index in [1.54, 1.807) is 11.9 Å². The molecule has 0 aliphatic carbocycles. The van der Waals surface area contributed by atoms with E-state index in [1.807, 2.05) is 36.4 Å². The van der Waals surface area contributed by atoms with E-state index >= 15 is 0 Å². The molecule has 0 bridgehead atoms. The largest absolute Gasteiger partial charge is 0.273 e. The molecule has 3 nitrogen and oxygen atoms in total. The lowest BCUT2D eigenvalue weighted by atomic mass is 10.0. The van der Waals surface area contributed by atoms with Gasteiger partial charge in [0.2, 0.25) is 5.91 Å². The van der Waals surface area contributed by atoms with Crippen LogP contribution in [0.1, 0.15) is 30.0 Å². The average molecular weight is 304 g/mol. The highest BCUT2D eigenvalue weighted by Gasteiger charge is 2.27. The van der Waals surface area contributed by atoms with E-state index in [4.69, 9.17) is 0 Å². The van der Waals surface area contributed by atoms with Crippen molar-refractivity contribution in [3.8, 4) is 0 Å². The Morgan fingerprint density at radius 3 is 2.48 bits per heavy atom. The van der Waals surface area contributed by atoms with Gasteiger partial charge < -0.3 is 0 Å². The van der Waals surface area contributed by atoms with E-state index in [0.29, 0.717) is 0 Å². The van der Waals surface area contributed by atoms with Gasteiger partial charge >= 0.3 is 0 Å². The number of nitrogens with zero attached hydrogens (tertiary/aromatic N) is 2. The summed E-state index contributed by atoms with van der Waals surface area (Å²) in [5.41, 5.74) is 4.39. The van der Waals surface area contributed by atoms with E-state index in [-0.39, 0.29) is 11.9 Å². The molecular weight excluding hydrogens is 284 g/mol. The number of hydrogen-bond donors (Lipinski definition) is 0. The van der Waals surface area contributed by atoms with Gasteiger partial charge in [-0.25, -0.2) is 5.01 Å². The van der Waals surface area contributed by atoms with Gasteiger partial charge in [0.05, 0.1) is 11.8 Å². The Bertz CT molecular complexity index is 745. The highest BCUT2D eigenvalue weighted by molar-refractivity contribution is 6.03. The van der Waals surface area contributed by atoms with Crippen LogP contribution in [0, 0.1) is 6.92 Å². The molecule has 23 heavy (non-hydrogen) atoms. The Hall–Kier alpha value is -2.68. The van der Waals surface area contributed by atoms with Gasteiger partial charge in [-0.15, -0.1) is 0 Å². The third kappa shape index (κ3) is 3.57. The topological polar surface area (TPSA) is 32.7 Å². The standard InChI is InChI=1S/C20H20N2O/c1-15-8-11-18(12-9-15)20-14-19(22(21-20)16(2)23)13-10-17-6-4-3-5-7-17/h3-13,19H,14H2,1-2H3/b13-10+. The molecule has 3 rings (SSSR count). The fraction of sp³-hybridized carbons (Fsp3) is 0.200. The second kappa shape index (κ2) is 6.61. The Morgan fingerprint density at radius 2 is 1.83 bits per heavy atom. The number of benzene rings is 2. The number of carbonyl (C=O) groups excluding carboxylic acids is 1. The van der Waals surface area contributed by atoms with Gasteiger partial charge in [-0.3, -0.25) is 4.79 Å². The maximum absolute atomic E-state index is 11.9. The first kappa shape index (κ1) is 15.2. The van der Waals surface area contributed by atoms with Crippen LogP contribution in [0.2, 0.25) is 0 Å². The summed E-state index contributed by atoms with van der Waals surface area (Å²) in [6.45, 7) is 3.62. The zero-order valence-electron chi connectivity index (χ0n) is 13.4. The lowest BCUT2D eigenvalue weighted by Gasteiger charge is -2.16. The predicted molar refractivity (Wildman–Crippen MR) is 94.1 cm³/mol. The summed E-state index contributed by atoms with van der Waals surface area (Å²) in [7, 11) is 0. The molecule has 3 heteroatoms. The van der Waals surface area contributed by atoms with Crippen molar-refractivity contribution in [2.24, 2.45) is 5.10 Å². The Balaban J connectivity index is 1.81. The van der Waals surface area contributed by atoms with Crippen molar-refractivity contribution in [2.75, 3.05) is 0 Å². The van der Waals surface area contributed by atoms with Crippen LogP contribution in [0.5, 0.6) is 0 Å². The first-order valence-electron chi connectivity index (χ1n) is 7.81. The summed E-state index contributed by atoms with van der Waals surface area (Å²) in [5.74, 6) is -0.0326. The molecule has 116 valence electrons. The minimum Gasteiger partial charge on any atom is -0.273 e. The van der Waals surface area contributed by atoms with Crippen molar-refractivity contribution >= 4 is 17.7 Å². The molecule has 2 aromatic carbocycles. The van der Waals surface area contributed by atoms with Crippen molar-refractivity contribution in [2.45, 2.75) is 26.3 Å². The van der Waals surface area contributed by atoms with E-state index in [0.717, 1.165) is 23.3 Å². The molecular formula is C20H20N2O. The van der Waals surface area contributed by atoms with Crippen LogP contribution in [0.4, 0.5) is 0 Å². The quantitative estimate of drug-likeness (QED) is 0.842. The Morgan fingerprint density at radius 1 is 1.13 bits per heavy atom. The van der Waals surface area contributed by atoms with Crippen LogP contribution >= 0.6 is 0 Å². The molecule has 1 heterocycles. The summed E-state index contributed by atoms with van der Waals surface area (Å²) in [6, 6.07) is 18.3. The predicted octanol–water partition coefficient (Wildman–Crippen LogP) is 4.03. The van der Waals surface area contributed by atoms with Gasteiger partial charge in [0, 0.05) is 13.3 Å². The van der Waals surface area contributed by atoms with E-state index in [2.05, 4.69) is 42.4 Å². The molecule has 1 aliphatic rings. The molecule has 1 atom stereocenters. The zero-order valence-corrected chi connectivity index (χ0v) is 13.4. The molecule has 0 saturated heterocycles. The van der Waals surface area contributed by atoms with Crippen LogP contribution in [0.3, 0.4) is 0 Å². The summed E-state index contributed by atoms with van der Waals surface area (Å²) >= 11 is 0. The van der Waals surface area contributed by atoms with Gasteiger partial charge in [0.1, 0.15) is 0 Å². The molecule has 0 saturated carbocycles. The molecule has 1 unspecified atom stereocenters. The normalized spacial score (nSPS) is 17.6. The molecule has 1 amide bonds. The molecule has 0 aromatic heterocycles. The summed E-state index contributed by atoms with van der Waals surface area (Å²) in [5, 5.41) is 6.11. The van der Waals surface area contributed by atoms with E-state index < -0.39 is 0 Å². The molecule has 2 aromatic rings. The molecule has 0 spiro atoms. The van der Waals surface area contributed by atoms with Crippen molar-refractivity contribution in [1.82, 2.24) is 5.01 Å². The monoisotopic (exact) mass is 304 g/mol. The van der Waals surface area contributed by atoms with Crippen molar-refractivity contribution in [3.63, 3.8) is 0 Å². The number of amides is 1. The maximum atomic E-state index is 11.9. The van der Waals surface area contributed by atoms with Gasteiger partial charge in [-0.2, -0.15) is 5.10 Å². The fourth-order valence-electron chi connectivity index (χ4n) is 2.69. The first-order chi connectivity index (χ1) is 11.1. The Kier molecular flexibility index (Phi) is 4.38. The SMILES string of the molecule is CC(=O)N1N=C(c2ccc(C)cc2)CC1/C=C/c1ccccc1. The number of aryl methyl sites for hydroxylation is 1. The summed E-state index contributed by atoms with van der Waals surface area (Å²) in [6.07, 6.45) is 4.85. The minimum atomic E-state index is -0.0326. The summed E-state index contributed by atoms with van der Waals surface area (Å²) < 4.78 is 0. The minimum absolute atomic E-state index is 0.0241. The zero-order chi connectivity index (χ0) is 16.2. The fourth-order valence-corrected chi connectivity index (χ4v) is 2.69. The molecule has 0 radical (unpaired) electrons. The van der Waals surface area contributed by atoms with Crippen molar-refractivity contribution < 1.29 is 4.79 Å². The smallest absolute Gasteiger partial charge is 0.240 e. The van der Waals surface area contributed by atoms with Crippen LogP contribution in [0.25, 0.3) is 6.08 Å². The number of hydrogen-bond acceptors (Lipinski definition) is 2. The number of rotatable bonds is 3. The van der Waals surface area contributed by atoms with Crippen LogP contribution in [-0.2, 0) is 4.79 Å². The number of hydrazone groups is 1. The third-order valence-corrected chi connectivity index (χ3v) is 3.96. The number of carbonyl (C=O) groups is 1. The van der Waals surface area contributed by atoms with Gasteiger partial charge in [-0.05, 0) is 18.1 Å². The molecule has 1 aliphatic heterocycles. The average Bonchev–Trinajstić information content (AvgIpc) is 2.99. The first-order valence-corrected chi connectivity index (χ1v) is 7.81. The van der Waals surface area contributed by atoms with Crippen LogP contribution in [0.15, 0.2) is 65.8 Å². The van der Waals surface area contributed by atoms with E-state index in [1.165, 1.54) is 5.56 Å². The highest BCUT2D eigenvalue weighted by Crippen LogP contribution is 2.22. The molecule has 0 N–H and O–H groups in total. The van der Waals surface area contributed by atoms with Crippen LogP contribution < -0.4 is 0 Å². The third-order valence-electron chi connectivity index (χ3n) is 3.96. The van der Waals surface area contributed by atoms with Crippen molar-refractivity contribution in [1.29, 1.82) is 0 Å². The lowest BCUT2D eigenvalue weighted by molar-refractivity contribution is -0.129. The Labute approximate surface area is 136 Å². The highest BCUT2D eigenvalue weighted by atomic mass is 16.2.